The molecule has 0 aromatic heterocycles. The van der Waals surface area contributed by atoms with E-state index in [1.807, 2.05) is 0 Å². The first-order valence-electron chi connectivity index (χ1n) is 5.83. The number of fused-ring (bicyclic) bond motifs is 2. The summed E-state index contributed by atoms with van der Waals surface area (Å²) < 4.78 is 0. The maximum atomic E-state index is 2.62. The Morgan fingerprint density at radius 1 is 1.20 bits per heavy atom. The van der Waals surface area contributed by atoms with Gasteiger partial charge in [-0.25, -0.2) is 0 Å². The summed E-state index contributed by atoms with van der Waals surface area (Å²) in [6.07, 6.45) is 6.11. The second-order valence-electron chi connectivity index (χ2n) is 4.73. The third kappa shape index (κ3) is 1.51. The highest BCUT2D eigenvalue weighted by molar-refractivity contribution is 5.22. The summed E-state index contributed by atoms with van der Waals surface area (Å²) in [7, 11) is 0. The van der Waals surface area contributed by atoms with Crippen LogP contribution in [0.4, 0.5) is 0 Å². The van der Waals surface area contributed by atoms with Crippen LogP contribution in [0.25, 0.3) is 0 Å². The molecule has 1 heterocycles. The van der Waals surface area contributed by atoms with Gasteiger partial charge < -0.3 is 0 Å². The molecule has 1 aliphatic carbocycles. The van der Waals surface area contributed by atoms with Crippen LogP contribution >= 0.6 is 0 Å². The predicted molar refractivity (Wildman–Crippen MR) is 62.6 cm³/mol. The fourth-order valence-electron chi connectivity index (χ4n) is 2.91. The van der Waals surface area contributed by atoms with Crippen LogP contribution in [0.2, 0.25) is 0 Å². The molecule has 1 saturated heterocycles. The van der Waals surface area contributed by atoms with Gasteiger partial charge in [-0.1, -0.05) is 42.5 Å². The molecule has 1 aromatic rings. The van der Waals surface area contributed by atoms with E-state index in [0.29, 0.717) is 12.1 Å². The Labute approximate surface area is 91.4 Å². The van der Waals surface area contributed by atoms with Gasteiger partial charge in [0.15, 0.2) is 0 Å². The Kier molecular flexibility index (Phi) is 2.14. The van der Waals surface area contributed by atoms with E-state index in [-0.39, 0.29) is 0 Å². The molecule has 2 unspecified atom stereocenters. The van der Waals surface area contributed by atoms with E-state index < -0.39 is 0 Å². The molecular formula is C14H17N. The maximum Gasteiger partial charge on any atom is 0.0326 e. The highest BCUT2D eigenvalue weighted by Crippen LogP contribution is 2.37. The van der Waals surface area contributed by atoms with Gasteiger partial charge in [0.1, 0.15) is 0 Å². The molecular weight excluding hydrogens is 182 g/mol. The molecule has 2 aliphatic rings. The quantitative estimate of drug-likeness (QED) is 0.662. The van der Waals surface area contributed by atoms with Gasteiger partial charge >= 0.3 is 0 Å². The third-order valence-electron chi connectivity index (χ3n) is 3.80. The van der Waals surface area contributed by atoms with Crippen molar-refractivity contribution in [2.75, 3.05) is 6.54 Å². The molecule has 78 valence electrons. The smallest absolute Gasteiger partial charge is 0.0326 e. The molecule has 1 heteroatoms. The van der Waals surface area contributed by atoms with Gasteiger partial charge in [0.25, 0.3) is 0 Å². The van der Waals surface area contributed by atoms with Crippen LogP contribution in [0, 0.1) is 5.92 Å². The first-order valence-corrected chi connectivity index (χ1v) is 5.83. The SMILES string of the molecule is CC(c1ccccc1)N1C[C@H]2C=CC1C2. The number of hydrogen-bond acceptors (Lipinski definition) is 1. The topological polar surface area (TPSA) is 3.24 Å². The molecule has 0 N–H and O–H groups in total. The summed E-state index contributed by atoms with van der Waals surface area (Å²) in [6.45, 7) is 3.57. The fraction of sp³-hybridized carbons (Fsp3) is 0.429. The van der Waals surface area contributed by atoms with Crippen LogP contribution in [0.5, 0.6) is 0 Å². The first kappa shape index (κ1) is 9.17. The second-order valence-corrected chi connectivity index (χ2v) is 4.73. The predicted octanol–water partition coefficient (Wildman–Crippen LogP) is 3.01. The average molecular weight is 199 g/mol. The van der Waals surface area contributed by atoms with Crippen molar-refractivity contribution >= 4 is 0 Å². The summed E-state index contributed by atoms with van der Waals surface area (Å²) >= 11 is 0. The molecule has 1 nitrogen and oxygen atoms in total. The van der Waals surface area contributed by atoms with Crippen LogP contribution in [0.3, 0.4) is 0 Å². The molecule has 1 aliphatic heterocycles. The minimum Gasteiger partial charge on any atom is -0.290 e. The van der Waals surface area contributed by atoms with Crippen molar-refractivity contribution in [3.8, 4) is 0 Å². The summed E-state index contributed by atoms with van der Waals surface area (Å²) in [5.74, 6) is 0.821. The van der Waals surface area contributed by atoms with Crippen molar-refractivity contribution in [2.45, 2.75) is 25.4 Å². The summed E-state index contributed by atoms with van der Waals surface area (Å²) in [6, 6.07) is 12.1. The summed E-state index contributed by atoms with van der Waals surface area (Å²) in [4.78, 5) is 2.62. The van der Waals surface area contributed by atoms with Crippen molar-refractivity contribution in [3.63, 3.8) is 0 Å². The monoisotopic (exact) mass is 199 g/mol. The molecule has 1 fully saturated rings. The lowest BCUT2D eigenvalue weighted by atomic mass is 10.1. The zero-order valence-electron chi connectivity index (χ0n) is 9.13. The molecule has 3 atom stereocenters. The van der Waals surface area contributed by atoms with E-state index in [1.165, 1.54) is 18.5 Å². The summed E-state index contributed by atoms with van der Waals surface area (Å²) in [5.41, 5.74) is 1.44. The van der Waals surface area contributed by atoms with Crippen molar-refractivity contribution in [1.29, 1.82) is 0 Å². The highest BCUT2D eigenvalue weighted by Gasteiger charge is 2.36. The first-order chi connectivity index (χ1) is 7.34. The Bertz CT molecular complexity index is 368. The van der Waals surface area contributed by atoms with Crippen molar-refractivity contribution in [1.82, 2.24) is 4.90 Å². The molecule has 0 spiro atoms. The number of hydrogen-bond donors (Lipinski definition) is 0. The Morgan fingerprint density at radius 2 is 2.00 bits per heavy atom. The Morgan fingerprint density at radius 3 is 2.60 bits per heavy atom. The van der Waals surface area contributed by atoms with Gasteiger partial charge in [-0.2, -0.15) is 0 Å². The van der Waals surface area contributed by atoms with Crippen molar-refractivity contribution in [2.24, 2.45) is 5.92 Å². The summed E-state index contributed by atoms with van der Waals surface area (Å²) in [5, 5.41) is 0. The van der Waals surface area contributed by atoms with E-state index in [1.54, 1.807) is 0 Å². The molecule has 3 rings (SSSR count). The van der Waals surface area contributed by atoms with Crippen LogP contribution in [0.1, 0.15) is 24.9 Å². The van der Waals surface area contributed by atoms with E-state index >= 15 is 0 Å². The maximum absolute atomic E-state index is 2.62. The van der Waals surface area contributed by atoms with E-state index in [4.69, 9.17) is 0 Å². The lowest BCUT2D eigenvalue weighted by molar-refractivity contribution is 0.213. The van der Waals surface area contributed by atoms with Gasteiger partial charge in [0.2, 0.25) is 0 Å². The van der Waals surface area contributed by atoms with Gasteiger partial charge in [-0.3, -0.25) is 4.90 Å². The standard InChI is InChI=1S/C14H17N/c1-11(13-5-3-2-4-6-13)15-10-12-7-8-14(15)9-12/h2-8,11-12,14H,9-10H2,1H3/t11?,12-,14?/m0/s1. The number of likely N-dealkylation sites (tertiary alicyclic amines) is 1. The van der Waals surface area contributed by atoms with Crippen LogP contribution < -0.4 is 0 Å². The Balaban J connectivity index is 1.81. The van der Waals surface area contributed by atoms with Gasteiger partial charge in [-0.15, -0.1) is 0 Å². The zero-order chi connectivity index (χ0) is 10.3. The molecule has 0 saturated carbocycles. The van der Waals surface area contributed by atoms with Crippen LogP contribution in [-0.2, 0) is 0 Å². The van der Waals surface area contributed by atoms with E-state index in [0.717, 1.165) is 5.92 Å². The van der Waals surface area contributed by atoms with Crippen molar-refractivity contribution in [3.05, 3.63) is 48.0 Å². The van der Waals surface area contributed by atoms with Crippen LogP contribution in [-0.4, -0.2) is 17.5 Å². The fourth-order valence-corrected chi connectivity index (χ4v) is 2.91. The molecule has 0 radical (unpaired) electrons. The molecule has 1 aromatic carbocycles. The normalized spacial score (nSPS) is 31.0. The second kappa shape index (κ2) is 3.49. The molecule has 0 amide bonds. The number of rotatable bonds is 2. The van der Waals surface area contributed by atoms with Gasteiger partial charge in [0.05, 0.1) is 0 Å². The van der Waals surface area contributed by atoms with Crippen molar-refractivity contribution < 1.29 is 0 Å². The highest BCUT2D eigenvalue weighted by atomic mass is 15.2. The van der Waals surface area contributed by atoms with Gasteiger partial charge in [0, 0.05) is 18.6 Å². The minimum atomic E-state index is 0.561. The zero-order valence-corrected chi connectivity index (χ0v) is 9.13. The van der Waals surface area contributed by atoms with E-state index in [9.17, 15) is 0 Å². The minimum absolute atomic E-state index is 0.561. The average Bonchev–Trinajstić information content (AvgIpc) is 2.91. The number of nitrogens with zero attached hydrogens (tertiary/aromatic N) is 1. The largest absolute Gasteiger partial charge is 0.290 e. The molecule has 2 bridgehead atoms. The lowest BCUT2D eigenvalue weighted by Gasteiger charge is -2.30. The third-order valence-corrected chi connectivity index (χ3v) is 3.80. The van der Waals surface area contributed by atoms with E-state index in [2.05, 4.69) is 54.3 Å². The lowest BCUT2D eigenvalue weighted by Crippen LogP contribution is -2.32. The molecule has 15 heavy (non-hydrogen) atoms. The Hall–Kier alpha value is -1.08. The van der Waals surface area contributed by atoms with Gasteiger partial charge in [-0.05, 0) is 24.8 Å². The van der Waals surface area contributed by atoms with Crippen LogP contribution in [0.15, 0.2) is 42.5 Å². The number of benzene rings is 1.